The molecule has 3 rings (SSSR count). The Hall–Kier alpha value is -1.14. The lowest BCUT2D eigenvalue weighted by Crippen LogP contribution is -2.47. The first-order valence-corrected chi connectivity index (χ1v) is 7.71. The lowest BCUT2D eigenvalue weighted by Gasteiger charge is -2.31. The molecule has 1 aliphatic carbocycles. The van der Waals surface area contributed by atoms with E-state index < -0.39 is 0 Å². The summed E-state index contributed by atoms with van der Waals surface area (Å²) in [5.74, 6) is 1.32. The smallest absolute Gasteiger partial charge is 0.191 e. The molecule has 19 heavy (non-hydrogen) atoms. The average Bonchev–Trinajstić information content (AvgIpc) is 3.15. The molecule has 6 heteroatoms. The van der Waals surface area contributed by atoms with Crippen molar-refractivity contribution < 1.29 is 4.74 Å². The molecule has 1 aromatic rings. The highest BCUT2D eigenvalue weighted by Gasteiger charge is 2.26. The molecule has 1 unspecified atom stereocenters. The molecule has 104 valence electrons. The molecule has 0 spiro atoms. The maximum Gasteiger partial charge on any atom is 0.191 e. The van der Waals surface area contributed by atoms with Crippen LogP contribution in [0.3, 0.4) is 0 Å². The van der Waals surface area contributed by atoms with Crippen LogP contribution in [0, 0.1) is 0 Å². The third kappa shape index (κ3) is 3.25. The summed E-state index contributed by atoms with van der Waals surface area (Å²) in [7, 11) is 0. The van der Waals surface area contributed by atoms with Gasteiger partial charge in [-0.25, -0.2) is 9.98 Å². The standard InChI is InChI=1S/C13H20N4OS/c1-9-7-17(4-5-18-9)13(14)15-6-12-16-11(8-19-12)10-2-3-10/h8-10H,2-7H2,1H3,(H2,14,15). The van der Waals surface area contributed by atoms with Crippen molar-refractivity contribution in [3.05, 3.63) is 16.1 Å². The minimum Gasteiger partial charge on any atom is -0.375 e. The fourth-order valence-corrected chi connectivity index (χ4v) is 3.04. The molecule has 5 nitrogen and oxygen atoms in total. The zero-order valence-electron chi connectivity index (χ0n) is 11.2. The molecule has 1 aromatic heterocycles. The molecule has 2 aliphatic rings. The van der Waals surface area contributed by atoms with Crippen molar-refractivity contribution in [2.24, 2.45) is 10.7 Å². The fourth-order valence-electron chi connectivity index (χ4n) is 2.24. The predicted molar refractivity (Wildman–Crippen MR) is 76.4 cm³/mol. The predicted octanol–water partition coefficient (Wildman–Crippen LogP) is 1.56. The van der Waals surface area contributed by atoms with E-state index in [4.69, 9.17) is 10.5 Å². The number of rotatable bonds is 3. The van der Waals surface area contributed by atoms with E-state index in [1.807, 2.05) is 0 Å². The summed E-state index contributed by atoms with van der Waals surface area (Å²) in [4.78, 5) is 11.2. The molecule has 0 radical (unpaired) electrons. The van der Waals surface area contributed by atoms with Crippen LogP contribution in [0.4, 0.5) is 0 Å². The van der Waals surface area contributed by atoms with Crippen LogP contribution in [-0.2, 0) is 11.3 Å². The quantitative estimate of drug-likeness (QED) is 0.674. The maximum absolute atomic E-state index is 6.03. The van der Waals surface area contributed by atoms with Crippen LogP contribution >= 0.6 is 11.3 Å². The Morgan fingerprint density at radius 2 is 2.47 bits per heavy atom. The first kappa shape index (κ1) is 12.9. The zero-order chi connectivity index (χ0) is 13.2. The van der Waals surface area contributed by atoms with Gasteiger partial charge in [-0.2, -0.15) is 0 Å². The van der Waals surface area contributed by atoms with Crippen LogP contribution in [0.2, 0.25) is 0 Å². The van der Waals surface area contributed by atoms with Gasteiger partial charge in [0.25, 0.3) is 0 Å². The van der Waals surface area contributed by atoms with Gasteiger partial charge in [0.05, 0.1) is 24.9 Å². The Labute approximate surface area is 117 Å². The second-order valence-corrected chi connectivity index (χ2v) is 6.18. The van der Waals surface area contributed by atoms with Crippen LogP contribution in [0.5, 0.6) is 0 Å². The van der Waals surface area contributed by atoms with E-state index in [0.29, 0.717) is 18.4 Å². The summed E-state index contributed by atoms with van der Waals surface area (Å²) in [5, 5.41) is 3.22. The van der Waals surface area contributed by atoms with Gasteiger partial charge in [-0.15, -0.1) is 11.3 Å². The summed E-state index contributed by atoms with van der Waals surface area (Å²) in [5.41, 5.74) is 7.28. The number of thiazole rings is 1. The van der Waals surface area contributed by atoms with Crippen LogP contribution in [0.25, 0.3) is 0 Å². The highest BCUT2D eigenvalue weighted by Crippen LogP contribution is 2.40. The molecule has 1 saturated heterocycles. The first-order valence-electron chi connectivity index (χ1n) is 6.83. The van der Waals surface area contributed by atoms with Crippen molar-refractivity contribution in [3.63, 3.8) is 0 Å². The third-order valence-electron chi connectivity index (χ3n) is 3.51. The Bertz CT molecular complexity index is 469. The van der Waals surface area contributed by atoms with E-state index in [1.54, 1.807) is 11.3 Å². The van der Waals surface area contributed by atoms with Gasteiger partial charge in [-0.1, -0.05) is 0 Å². The van der Waals surface area contributed by atoms with Crippen molar-refractivity contribution in [2.45, 2.75) is 38.3 Å². The minimum atomic E-state index is 0.226. The summed E-state index contributed by atoms with van der Waals surface area (Å²) in [6.45, 7) is 5.02. The molecule has 2 N–H and O–H groups in total. The number of nitrogens with two attached hydrogens (primary N) is 1. The van der Waals surface area contributed by atoms with Gasteiger partial charge in [0.2, 0.25) is 0 Å². The fraction of sp³-hybridized carbons (Fsp3) is 0.692. The van der Waals surface area contributed by atoms with Gasteiger partial charge < -0.3 is 15.4 Å². The van der Waals surface area contributed by atoms with Crippen LogP contribution < -0.4 is 5.73 Å². The molecular formula is C13H20N4OS. The normalized spacial score (nSPS) is 24.8. The molecule has 0 amide bonds. The van der Waals surface area contributed by atoms with Gasteiger partial charge in [-0.05, 0) is 19.8 Å². The van der Waals surface area contributed by atoms with E-state index in [1.165, 1.54) is 18.5 Å². The van der Waals surface area contributed by atoms with Gasteiger partial charge in [0, 0.05) is 24.4 Å². The highest BCUT2D eigenvalue weighted by molar-refractivity contribution is 7.09. The third-order valence-corrected chi connectivity index (χ3v) is 4.36. The Kier molecular flexibility index (Phi) is 3.70. The Morgan fingerprint density at radius 1 is 1.63 bits per heavy atom. The van der Waals surface area contributed by atoms with Crippen molar-refractivity contribution in [2.75, 3.05) is 19.7 Å². The summed E-state index contributed by atoms with van der Waals surface area (Å²) in [6.07, 6.45) is 2.81. The average molecular weight is 280 g/mol. The number of hydrogen-bond acceptors (Lipinski definition) is 4. The van der Waals surface area contributed by atoms with Gasteiger partial charge in [0.1, 0.15) is 5.01 Å². The SMILES string of the molecule is CC1CN(C(N)=NCc2nc(C3CC3)cs2)CCO1. The topological polar surface area (TPSA) is 63.7 Å². The minimum absolute atomic E-state index is 0.226. The van der Waals surface area contributed by atoms with Gasteiger partial charge in [-0.3, -0.25) is 0 Å². The first-order chi connectivity index (χ1) is 9.22. The number of aromatic nitrogens is 1. The number of nitrogens with zero attached hydrogens (tertiary/aromatic N) is 3. The maximum atomic E-state index is 6.03. The van der Waals surface area contributed by atoms with Crippen LogP contribution in [-0.4, -0.2) is 41.6 Å². The lowest BCUT2D eigenvalue weighted by atomic mass is 10.3. The highest BCUT2D eigenvalue weighted by atomic mass is 32.1. The summed E-state index contributed by atoms with van der Waals surface area (Å²) >= 11 is 1.69. The van der Waals surface area contributed by atoms with Crippen molar-refractivity contribution >= 4 is 17.3 Å². The van der Waals surface area contributed by atoms with E-state index in [0.717, 1.165) is 24.7 Å². The lowest BCUT2D eigenvalue weighted by molar-refractivity contribution is 0.00529. The molecule has 2 fully saturated rings. The molecular weight excluding hydrogens is 260 g/mol. The molecule has 1 aliphatic heterocycles. The number of aliphatic imine (C=N–C) groups is 1. The molecule has 1 atom stereocenters. The van der Waals surface area contributed by atoms with Crippen LogP contribution in [0.15, 0.2) is 10.4 Å². The Balaban J connectivity index is 1.57. The Morgan fingerprint density at radius 3 is 3.21 bits per heavy atom. The number of hydrogen-bond donors (Lipinski definition) is 1. The van der Waals surface area contributed by atoms with Gasteiger partial charge >= 0.3 is 0 Å². The summed E-state index contributed by atoms with van der Waals surface area (Å²) in [6, 6.07) is 0. The van der Waals surface area contributed by atoms with Crippen LogP contribution in [0.1, 0.15) is 36.4 Å². The molecule has 2 heterocycles. The number of guanidine groups is 1. The zero-order valence-corrected chi connectivity index (χ0v) is 12.0. The van der Waals surface area contributed by atoms with Crippen molar-refractivity contribution in [1.29, 1.82) is 0 Å². The van der Waals surface area contributed by atoms with E-state index in [-0.39, 0.29) is 6.10 Å². The van der Waals surface area contributed by atoms with E-state index in [2.05, 4.69) is 27.2 Å². The van der Waals surface area contributed by atoms with E-state index >= 15 is 0 Å². The summed E-state index contributed by atoms with van der Waals surface area (Å²) < 4.78 is 5.50. The van der Waals surface area contributed by atoms with Crippen molar-refractivity contribution in [1.82, 2.24) is 9.88 Å². The molecule has 0 aromatic carbocycles. The van der Waals surface area contributed by atoms with E-state index in [9.17, 15) is 0 Å². The monoisotopic (exact) mass is 280 g/mol. The largest absolute Gasteiger partial charge is 0.375 e. The van der Waals surface area contributed by atoms with Crippen molar-refractivity contribution in [3.8, 4) is 0 Å². The van der Waals surface area contributed by atoms with Gasteiger partial charge in [0.15, 0.2) is 5.96 Å². The second-order valence-electron chi connectivity index (χ2n) is 5.24. The number of morpholine rings is 1. The molecule has 1 saturated carbocycles. The number of ether oxygens (including phenoxy) is 1. The second kappa shape index (κ2) is 5.46. The molecule has 0 bridgehead atoms.